The highest BCUT2D eigenvalue weighted by atomic mass is 35.5. The average molecular weight is 311 g/mol. The maximum absolute atomic E-state index is 12.7. The number of amides is 1. The Kier molecular flexibility index (Phi) is 3.59. The van der Waals surface area contributed by atoms with E-state index in [1.54, 1.807) is 4.90 Å². The van der Waals surface area contributed by atoms with Gasteiger partial charge >= 0.3 is 0 Å². The van der Waals surface area contributed by atoms with Gasteiger partial charge in [-0.25, -0.2) is 0 Å². The molecule has 0 saturated carbocycles. The molecule has 2 aliphatic heterocycles. The summed E-state index contributed by atoms with van der Waals surface area (Å²) >= 11 is 6.02. The number of hydrogen-bond donors (Lipinski definition) is 1. The van der Waals surface area contributed by atoms with Crippen molar-refractivity contribution in [3.05, 3.63) is 38.9 Å². The molecule has 1 amide bonds. The van der Waals surface area contributed by atoms with E-state index in [0.29, 0.717) is 12.8 Å². The van der Waals surface area contributed by atoms with E-state index in [1.165, 1.54) is 18.2 Å². The minimum atomic E-state index is -0.590. The summed E-state index contributed by atoms with van der Waals surface area (Å²) in [6, 6.07) is 4.27. The zero-order valence-corrected chi connectivity index (χ0v) is 12.0. The predicted octanol–water partition coefficient (Wildman–Crippen LogP) is 2.38. The lowest BCUT2D eigenvalue weighted by Crippen LogP contribution is -2.48. The molecule has 0 aliphatic carbocycles. The van der Waals surface area contributed by atoms with Gasteiger partial charge in [0.1, 0.15) is 5.02 Å². The first-order chi connectivity index (χ1) is 9.99. The largest absolute Gasteiger partial charge is 0.393 e. The van der Waals surface area contributed by atoms with Crippen molar-refractivity contribution in [2.24, 2.45) is 0 Å². The first kappa shape index (κ1) is 14.3. The fraction of sp³-hybridized carbons (Fsp3) is 0.500. The van der Waals surface area contributed by atoms with Crippen molar-refractivity contribution < 1.29 is 14.8 Å². The molecule has 2 unspecified atom stereocenters. The van der Waals surface area contributed by atoms with Gasteiger partial charge in [-0.15, -0.1) is 0 Å². The fourth-order valence-corrected chi connectivity index (χ4v) is 3.72. The smallest absolute Gasteiger partial charge is 0.288 e. The minimum Gasteiger partial charge on any atom is -0.393 e. The number of aliphatic hydroxyl groups excluding tert-OH is 1. The number of benzene rings is 1. The molecule has 1 aromatic rings. The van der Waals surface area contributed by atoms with Gasteiger partial charge in [0.05, 0.1) is 16.6 Å². The lowest BCUT2D eigenvalue weighted by molar-refractivity contribution is -0.384. The molecule has 7 heteroatoms. The number of nitro groups is 1. The van der Waals surface area contributed by atoms with Crippen LogP contribution in [0.15, 0.2) is 18.2 Å². The highest BCUT2D eigenvalue weighted by Crippen LogP contribution is 2.38. The van der Waals surface area contributed by atoms with Crippen LogP contribution in [-0.4, -0.2) is 39.0 Å². The van der Waals surface area contributed by atoms with Crippen LogP contribution in [0.5, 0.6) is 0 Å². The summed E-state index contributed by atoms with van der Waals surface area (Å²) in [6.07, 6.45) is 2.48. The first-order valence-electron chi connectivity index (χ1n) is 6.92. The summed E-state index contributed by atoms with van der Waals surface area (Å²) < 4.78 is 0. The quantitative estimate of drug-likeness (QED) is 0.671. The highest BCUT2D eigenvalue weighted by molar-refractivity contribution is 6.35. The van der Waals surface area contributed by atoms with E-state index in [9.17, 15) is 20.0 Å². The molecule has 2 atom stereocenters. The summed E-state index contributed by atoms with van der Waals surface area (Å²) in [5, 5.41) is 20.6. The number of nitrogens with zero attached hydrogens (tertiary/aromatic N) is 2. The number of hydrogen-bond acceptors (Lipinski definition) is 4. The van der Waals surface area contributed by atoms with Crippen molar-refractivity contribution in [3.8, 4) is 0 Å². The Morgan fingerprint density at radius 1 is 1.33 bits per heavy atom. The first-order valence-corrected chi connectivity index (χ1v) is 7.30. The number of halogens is 1. The van der Waals surface area contributed by atoms with Crippen molar-refractivity contribution in [2.45, 2.75) is 43.9 Å². The molecule has 112 valence electrons. The van der Waals surface area contributed by atoms with Crippen LogP contribution in [0.4, 0.5) is 5.69 Å². The molecule has 3 rings (SSSR count). The van der Waals surface area contributed by atoms with Crippen LogP contribution in [0.2, 0.25) is 5.02 Å². The van der Waals surface area contributed by atoms with E-state index in [4.69, 9.17) is 11.6 Å². The number of rotatable bonds is 2. The fourth-order valence-electron chi connectivity index (χ4n) is 3.44. The summed E-state index contributed by atoms with van der Waals surface area (Å²) in [5.41, 5.74) is -0.0916. The third kappa shape index (κ3) is 2.38. The number of nitro benzene ring substituents is 1. The van der Waals surface area contributed by atoms with E-state index in [-0.39, 0.29) is 40.4 Å². The number of piperidine rings is 1. The van der Waals surface area contributed by atoms with Gasteiger partial charge in [0.2, 0.25) is 0 Å². The Morgan fingerprint density at radius 3 is 2.52 bits per heavy atom. The van der Waals surface area contributed by atoms with Crippen LogP contribution in [0.3, 0.4) is 0 Å². The maximum atomic E-state index is 12.7. The zero-order valence-electron chi connectivity index (χ0n) is 11.2. The molecule has 0 radical (unpaired) electrons. The van der Waals surface area contributed by atoms with Crippen LogP contribution in [0.25, 0.3) is 0 Å². The Hall–Kier alpha value is -1.66. The van der Waals surface area contributed by atoms with Crippen LogP contribution in [-0.2, 0) is 0 Å². The van der Waals surface area contributed by atoms with Gasteiger partial charge in [-0.3, -0.25) is 14.9 Å². The predicted molar refractivity (Wildman–Crippen MR) is 76.3 cm³/mol. The Balaban J connectivity index is 1.93. The molecular weight excluding hydrogens is 296 g/mol. The van der Waals surface area contributed by atoms with Crippen LogP contribution < -0.4 is 0 Å². The van der Waals surface area contributed by atoms with Gasteiger partial charge in [-0.05, 0) is 31.7 Å². The molecule has 0 aromatic heterocycles. The maximum Gasteiger partial charge on any atom is 0.288 e. The number of aliphatic hydroxyl groups is 1. The molecule has 2 heterocycles. The summed E-state index contributed by atoms with van der Waals surface area (Å²) in [6.45, 7) is 0. The third-order valence-electron chi connectivity index (χ3n) is 4.35. The molecule has 2 bridgehead atoms. The summed E-state index contributed by atoms with van der Waals surface area (Å²) in [5.74, 6) is -0.275. The zero-order chi connectivity index (χ0) is 15.1. The van der Waals surface area contributed by atoms with Crippen molar-refractivity contribution in [1.82, 2.24) is 4.90 Å². The van der Waals surface area contributed by atoms with Gasteiger partial charge in [0.15, 0.2) is 0 Å². The van der Waals surface area contributed by atoms with Crippen molar-refractivity contribution in [1.29, 1.82) is 0 Å². The van der Waals surface area contributed by atoms with E-state index in [1.807, 2.05) is 0 Å². The second-order valence-electron chi connectivity index (χ2n) is 5.62. The van der Waals surface area contributed by atoms with Crippen molar-refractivity contribution in [2.75, 3.05) is 0 Å². The van der Waals surface area contributed by atoms with Crippen LogP contribution in [0, 0.1) is 10.1 Å². The topological polar surface area (TPSA) is 83.7 Å². The van der Waals surface area contributed by atoms with E-state index >= 15 is 0 Å². The molecule has 1 N–H and O–H groups in total. The standard InChI is InChI=1S/C14H15ClN2O4/c15-13-11(2-1-3-12(13)17(20)21)14(19)16-8-4-5-9(16)7-10(18)6-8/h1-3,8-10,18H,4-7H2. The Morgan fingerprint density at radius 2 is 1.95 bits per heavy atom. The second kappa shape index (κ2) is 5.27. The monoisotopic (exact) mass is 310 g/mol. The lowest BCUT2D eigenvalue weighted by atomic mass is 9.98. The average Bonchev–Trinajstić information content (AvgIpc) is 2.70. The summed E-state index contributed by atoms with van der Waals surface area (Å²) in [4.78, 5) is 24.8. The lowest BCUT2D eigenvalue weighted by Gasteiger charge is -2.37. The minimum absolute atomic E-state index is 0.00146. The van der Waals surface area contributed by atoms with Crippen molar-refractivity contribution >= 4 is 23.2 Å². The molecule has 6 nitrogen and oxygen atoms in total. The number of carbonyl (C=O) groups excluding carboxylic acids is 1. The van der Waals surface area contributed by atoms with Gasteiger partial charge in [0.25, 0.3) is 11.6 Å². The molecule has 21 heavy (non-hydrogen) atoms. The SMILES string of the molecule is O=C(c1cccc([N+](=O)[O-])c1Cl)N1C2CCC1CC(O)C2. The normalized spacial score (nSPS) is 27.7. The Bertz CT molecular complexity index is 593. The van der Waals surface area contributed by atoms with E-state index < -0.39 is 4.92 Å². The van der Waals surface area contributed by atoms with Gasteiger partial charge in [0, 0.05) is 18.2 Å². The van der Waals surface area contributed by atoms with Crippen molar-refractivity contribution in [3.63, 3.8) is 0 Å². The van der Waals surface area contributed by atoms with E-state index in [2.05, 4.69) is 0 Å². The van der Waals surface area contributed by atoms with Gasteiger partial charge in [-0.2, -0.15) is 0 Å². The summed E-state index contributed by atoms with van der Waals surface area (Å²) in [7, 11) is 0. The van der Waals surface area contributed by atoms with Crippen LogP contribution >= 0.6 is 11.6 Å². The van der Waals surface area contributed by atoms with E-state index in [0.717, 1.165) is 12.8 Å². The molecule has 2 aliphatic rings. The van der Waals surface area contributed by atoms with Crippen LogP contribution in [0.1, 0.15) is 36.0 Å². The second-order valence-corrected chi connectivity index (χ2v) is 6.00. The molecular formula is C14H15ClN2O4. The third-order valence-corrected chi connectivity index (χ3v) is 4.75. The molecule has 2 fully saturated rings. The number of fused-ring (bicyclic) bond motifs is 2. The highest BCUT2D eigenvalue weighted by Gasteiger charge is 2.43. The molecule has 1 aromatic carbocycles. The molecule has 2 saturated heterocycles. The molecule has 0 spiro atoms. The van der Waals surface area contributed by atoms with Gasteiger partial charge in [-0.1, -0.05) is 17.7 Å². The Labute approximate surface area is 126 Å². The number of carbonyl (C=O) groups is 1. The van der Waals surface area contributed by atoms with Gasteiger partial charge < -0.3 is 10.0 Å².